The molecule has 5 heteroatoms. The first-order valence-corrected chi connectivity index (χ1v) is 8.97. The molecule has 3 N–H and O–H groups in total. The fraction of sp³-hybridized carbons (Fsp3) is 0.286. The van der Waals surface area contributed by atoms with Gasteiger partial charge in [-0.25, -0.2) is 4.79 Å². The average molecular weight is 349 g/mol. The van der Waals surface area contributed by atoms with Gasteiger partial charge in [-0.3, -0.25) is 0 Å². The van der Waals surface area contributed by atoms with Crippen LogP contribution >= 0.6 is 0 Å². The number of rotatable bonds is 5. The van der Waals surface area contributed by atoms with E-state index in [1.807, 2.05) is 54.6 Å². The normalized spacial score (nSPS) is 19.1. The van der Waals surface area contributed by atoms with E-state index in [-0.39, 0.29) is 12.1 Å². The second-order valence-electron chi connectivity index (χ2n) is 6.87. The van der Waals surface area contributed by atoms with E-state index in [2.05, 4.69) is 15.6 Å². The number of urea groups is 1. The quantitative estimate of drug-likeness (QED) is 0.640. The van der Waals surface area contributed by atoms with Gasteiger partial charge in [-0.15, -0.1) is 0 Å². The van der Waals surface area contributed by atoms with Gasteiger partial charge >= 0.3 is 6.03 Å². The van der Waals surface area contributed by atoms with Crippen LogP contribution in [0.3, 0.4) is 0 Å². The molecule has 0 aliphatic heterocycles. The van der Waals surface area contributed by atoms with Crippen LogP contribution in [0.15, 0.2) is 54.6 Å². The van der Waals surface area contributed by atoms with Gasteiger partial charge in [0, 0.05) is 36.2 Å². The molecule has 0 saturated heterocycles. The summed E-state index contributed by atoms with van der Waals surface area (Å²) in [6, 6.07) is 18.1. The van der Waals surface area contributed by atoms with Crippen LogP contribution in [0, 0.1) is 5.92 Å². The molecule has 4 rings (SSSR count). The van der Waals surface area contributed by atoms with E-state index in [0.29, 0.717) is 5.92 Å². The molecule has 0 bridgehead atoms. The highest BCUT2D eigenvalue weighted by Gasteiger charge is 2.30. The molecule has 2 amide bonds. The van der Waals surface area contributed by atoms with Crippen molar-refractivity contribution in [3.8, 4) is 11.3 Å². The number of hydrogen-bond donors (Lipinski definition) is 3. The van der Waals surface area contributed by atoms with Gasteiger partial charge in [0.05, 0.1) is 11.4 Å². The highest BCUT2D eigenvalue weighted by atomic mass is 16.5. The molecule has 0 unspecified atom stereocenters. The molecule has 134 valence electrons. The average Bonchev–Trinajstić information content (AvgIpc) is 2.99. The lowest BCUT2D eigenvalue weighted by Gasteiger charge is -2.35. The zero-order chi connectivity index (χ0) is 17.9. The first-order chi connectivity index (χ1) is 12.7. The summed E-state index contributed by atoms with van der Waals surface area (Å²) in [6.45, 7) is 0.764. The van der Waals surface area contributed by atoms with Gasteiger partial charge in [-0.05, 0) is 24.8 Å². The zero-order valence-electron chi connectivity index (χ0n) is 14.8. The van der Waals surface area contributed by atoms with Gasteiger partial charge in [0.2, 0.25) is 0 Å². The van der Waals surface area contributed by atoms with E-state index >= 15 is 0 Å². The highest BCUT2D eigenvalue weighted by molar-refractivity contribution is 6.07. The molecule has 1 heterocycles. The van der Waals surface area contributed by atoms with E-state index in [9.17, 15) is 4.79 Å². The number of nitrogens with one attached hydrogen (secondary N) is 3. The van der Waals surface area contributed by atoms with Crippen molar-refractivity contribution in [2.24, 2.45) is 5.92 Å². The molecule has 5 nitrogen and oxygen atoms in total. The third-order valence-corrected chi connectivity index (χ3v) is 4.98. The molecule has 3 aromatic rings. The monoisotopic (exact) mass is 349 g/mol. The second-order valence-corrected chi connectivity index (χ2v) is 6.87. The summed E-state index contributed by atoms with van der Waals surface area (Å²) in [5.41, 5.74) is 3.79. The first-order valence-electron chi connectivity index (χ1n) is 8.97. The predicted molar refractivity (Wildman–Crippen MR) is 104 cm³/mol. The third-order valence-electron chi connectivity index (χ3n) is 4.98. The minimum Gasteiger partial charge on any atom is -0.384 e. The van der Waals surface area contributed by atoms with Crippen LogP contribution in [0.1, 0.15) is 12.8 Å². The number of amides is 2. The van der Waals surface area contributed by atoms with Crippen molar-refractivity contribution in [3.05, 3.63) is 54.6 Å². The number of methoxy groups -OCH3 is 1. The molecule has 1 saturated carbocycles. The topological polar surface area (TPSA) is 66.2 Å². The Morgan fingerprint density at radius 3 is 2.62 bits per heavy atom. The van der Waals surface area contributed by atoms with E-state index in [0.717, 1.165) is 47.3 Å². The SMILES string of the molecule is COCC1CC(NC(=O)Nc2c(-c3ccccc3)[nH]c3ccccc23)C1. The van der Waals surface area contributed by atoms with Crippen molar-refractivity contribution >= 4 is 22.6 Å². The maximum absolute atomic E-state index is 12.5. The lowest BCUT2D eigenvalue weighted by atomic mass is 9.81. The predicted octanol–water partition coefficient (Wildman–Crippen LogP) is 4.38. The van der Waals surface area contributed by atoms with Crippen LogP contribution in [0.5, 0.6) is 0 Å². The van der Waals surface area contributed by atoms with Gasteiger partial charge in [0.25, 0.3) is 0 Å². The van der Waals surface area contributed by atoms with Crippen LogP contribution < -0.4 is 10.6 Å². The molecule has 1 aliphatic rings. The Morgan fingerprint density at radius 2 is 1.85 bits per heavy atom. The number of aromatic amines is 1. The van der Waals surface area contributed by atoms with Crippen molar-refractivity contribution in [3.63, 3.8) is 0 Å². The molecular formula is C21H23N3O2. The summed E-state index contributed by atoms with van der Waals surface area (Å²) in [5.74, 6) is 0.554. The molecule has 1 aromatic heterocycles. The first kappa shape index (κ1) is 16.7. The van der Waals surface area contributed by atoms with Gasteiger partial charge in [-0.2, -0.15) is 0 Å². The molecule has 1 fully saturated rings. The van der Waals surface area contributed by atoms with Crippen molar-refractivity contribution in [2.75, 3.05) is 19.0 Å². The van der Waals surface area contributed by atoms with Crippen molar-refractivity contribution < 1.29 is 9.53 Å². The standard InChI is InChI=1S/C21H23N3O2/c1-26-13-14-11-16(12-14)22-21(25)24-20-17-9-5-6-10-18(17)23-19(20)15-7-3-2-4-8-15/h2-10,14,16,23H,11-13H2,1H3,(H2,22,24,25). The number of carbonyl (C=O) groups excluding carboxylic acids is 1. The molecule has 0 spiro atoms. The number of fused-ring (bicyclic) bond motifs is 1. The van der Waals surface area contributed by atoms with Crippen LogP contribution in [0.4, 0.5) is 10.5 Å². The molecule has 26 heavy (non-hydrogen) atoms. The fourth-order valence-corrected chi connectivity index (χ4v) is 3.65. The summed E-state index contributed by atoms with van der Waals surface area (Å²) in [7, 11) is 1.72. The Hall–Kier alpha value is -2.79. The number of benzene rings is 2. The summed E-state index contributed by atoms with van der Waals surface area (Å²) in [5, 5.41) is 7.14. The Morgan fingerprint density at radius 1 is 1.12 bits per heavy atom. The van der Waals surface area contributed by atoms with Crippen LogP contribution in [-0.4, -0.2) is 30.8 Å². The van der Waals surface area contributed by atoms with E-state index in [4.69, 9.17) is 4.74 Å². The van der Waals surface area contributed by atoms with Crippen LogP contribution in [0.2, 0.25) is 0 Å². The third kappa shape index (κ3) is 3.30. The van der Waals surface area contributed by atoms with Crippen molar-refractivity contribution in [2.45, 2.75) is 18.9 Å². The minimum absolute atomic E-state index is 0.159. The molecule has 1 aliphatic carbocycles. The maximum Gasteiger partial charge on any atom is 0.319 e. The Kier molecular flexibility index (Phi) is 4.63. The number of hydrogen-bond acceptors (Lipinski definition) is 2. The number of para-hydroxylation sites is 1. The largest absolute Gasteiger partial charge is 0.384 e. The number of H-pyrrole nitrogens is 1. The Bertz CT molecular complexity index is 898. The zero-order valence-corrected chi connectivity index (χ0v) is 14.8. The Balaban J connectivity index is 1.55. The van der Waals surface area contributed by atoms with Crippen molar-refractivity contribution in [1.29, 1.82) is 0 Å². The van der Waals surface area contributed by atoms with Gasteiger partial charge in [0.15, 0.2) is 0 Å². The number of anilines is 1. The molecule has 0 radical (unpaired) electrons. The smallest absolute Gasteiger partial charge is 0.319 e. The number of carbonyl (C=O) groups is 1. The van der Waals surface area contributed by atoms with Gasteiger partial charge < -0.3 is 20.4 Å². The molecule has 0 atom stereocenters. The lowest BCUT2D eigenvalue weighted by Crippen LogP contribution is -2.47. The minimum atomic E-state index is -0.159. The van der Waals surface area contributed by atoms with E-state index in [1.165, 1.54) is 0 Å². The second kappa shape index (κ2) is 7.22. The fourth-order valence-electron chi connectivity index (χ4n) is 3.65. The maximum atomic E-state index is 12.5. The molecular weight excluding hydrogens is 326 g/mol. The molecule has 2 aromatic carbocycles. The van der Waals surface area contributed by atoms with E-state index in [1.54, 1.807) is 7.11 Å². The summed E-state index contributed by atoms with van der Waals surface area (Å²) >= 11 is 0. The summed E-state index contributed by atoms with van der Waals surface area (Å²) in [4.78, 5) is 16.0. The lowest BCUT2D eigenvalue weighted by molar-refractivity contribution is 0.0916. The summed E-state index contributed by atoms with van der Waals surface area (Å²) < 4.78 is 5.16. The Labute approximate surface area is 152 Å². The van der Waals surface area contributed by atoms with Crippen LogP contribution in [-0.2, 0) is 4.74 Å². The van der Waals surface area contributed by atoms with E-state index < -0.39 is 0 Å². The van der Waals surface area contributed by atoms with Gasteiger partial charge in [-0.1, -0.05) is 48.5 Å². The number of aromatic nitrogens is 1. The summed E-state index contributed by atoms with van der Waals surface area (Å²) in [6.07, 6.45) is 1.95. The van der Waals surface area contributed by atoms with Crippen molar-refractivity contribution in [1.82, 2.24) is 10.3 Å². The number of ether oxygens (including phenoxy) is 1. The van der Waals surface area contributed by atoms with Gasteiger partial charge in [0.1, 0.15) is 0 Å². The highest BCUT2D eigenvalue weighted by Crippen LogP contribution is 2.35. The van der Waals surface area contributed by atoms with Crippen LogP contribution in [0.25, 0.3) is 22.2 Å².